The molecule has 19 heavy (non-hydrogen) atoms. The predicted molar refractivity (Wildman–Crippen MR) is 72.3 cm³/mol. The molecule has 0 saturated carbocycles. The van der Waals surface area contributed by atoms with Gasteiger partial charge in [0.25, 0.3) is 0 Å². The standard InChI is InChI=1S/C13H13N5O/c14-12-8-11(17-18(12)6-7-19)9-2-1-3-10-13(9)16-5-4-15-10/h1-5,8,19H,6-7,14H2. The van der Waals surface area contributed by atoms with Gasteiger partial charge >= 0.3 is 0 Å². The largest absolute Gasteiger partial charge is 0.394 e. The molecule has 0 aliphatic heterocycles. The molecule has 0 radical (unpaired) electrons. The third-order valence-corrected chi connectivity index (χ3v) is 2.90. The van der Waals surface area contributed by atoms with Gasteiger partial charge in [0, 0.05) is 24.0 Å². The Morgan fingerprint density at radius 3 is 2.89 bits per heavy atom. The number of fused-ring (bicyclic) bond motifs is 1. The summed E-state index contributed by atoms with van der Waals surface area (Å²) in [6.45, 7) is 0.378. The lowest BCUT2D eigenvalue weighted by molar-refractivity contribution is 0.270. The SMILES string of the molecule is Nc1cc(-c2cccc3nccnc23)nn1CCO. The molecule has 96 valence electrons. The number of aromatic nitrogens is 4. The van der Waals surface area contributed by atoms with E-state index in [0.717, 1.165) is 22.3 Å². The Labute approximate surface area is 109 Å². The van der Waals surface area contributed by atoms with E-state index in [4.69, 9.17) is 10.8 Å². The lowest BCUT2D eigenvalue weighted by atomic mass is 10.1. The van der Waals surface area contributed by atoms with E-state index in [1.54, 1.807) is 23.1 Å². The highest BCUT2D eigenvalue weighted by molar-refractivity contribution is 5.90. The number of anilines is 1. The molecule has 0 bridgehead atoms. The van der Waals surface area contributed by atoms with E-state index in [9.17, 15) is 0 Å². The fraction of sp³-hybridized carbons (Fsp3) is 0.154. The Kier molecular flexibility index (Phi) is 2.85. The van der Waals surface area contributed by atoms with Crippen LogP contribution in [0.15, 0.2) is 36.7 Å². The van der Waals surface area contributed by atoms with Crippen molar-refractivity contribution in [1.29, 1.82) is 0 Å². The quantitative estimate of drug-likeness (QED) is 0.730. The molecule has 2 heterocycles. The van der Waals surface area contributed by atoms with Gasteiger partial charge in [-0.1, -0.05) is 12.1 Å². The minimum Gasteiger partial charge on any atom is -0.394 e. The van der Waals surface area contributed by atoms with Crippen molar-refractivity contribution < 1.29 is 5.11 Å². The second-order valence-electron chi connectivity index (χ2n) is 4.13. The van der Waals surface area contributed by atoms with Crippen LogP contribution in [0.2, 0.25) is 0 Å². The van der Waals surface area contributed by atoms with Crippen molar-refractivity contribution in [3.63, 3.8) is 0 Å². The molecule has 3 aromatic rings. The number of rotatable bonds is 3. The summed E-state index contributed by atoms with van der Waals surface area (Å²) in [4.78, 5) is 8.61. The molecular formula is C13H13N5O. The second kappa shape index (κ2) is 4.66. The number of aliphatic hydroxyl groups is 1. The molecule has 0 aliphatic rings. The normalized spacial score (nSPS) is 11.0. The summed E-state index contributed by atoms with van der Waals surface area (Å²) in [5, 5.41) is 13.3. The fourth-order valence-electron chi connectivity index (χ4n) is 2.04. The topological polar surface area (TPSA) is 89.9 Å². The molecule has 3 N–H and O–H groups in total. The average Bonchev–Trinajstić information content (AvgIpc) is 2.80. The molecule has 1 aromatic carbocycles. The molecule has 6 heteroatoms. The molecule has 0 unspecified atom stereocenters. The zero-order valence-electron chi connectivity index (χ0n) is 10.2. The number of hydrogen-bond donors (Lipinski definition) is 2. The van der Waals surface area contributed by atoms with Crippen LogP contribution in [0.3, 0.4) is 0 Å². The number of nitrogen functional groups attached to an aromatic ring is 1. The highest BCUT2D eigenvalue weighted by Crippen LogP contribution is 2.26. The number of nitrogens with zero attached hydrogens (tertiary/aromatic N) is 4. The van der Waals surface area contributed by atoms with Crippen molar-refractivity contribution >= 4 is 16.9 Å². The van der Waals surface area contributed by atoms with E-state index in [1.807, 2.05) is 18.2 Å². The first-order valence-corrected chi connectivity index (χ1v) is 5.94. The Bertz CT molecular complexity index is 717. The van der Waals surface area contributed by atoms with Crippen LogP contribution in [0.1, 0.15) is 0 Å². The second-order valence-corrected chi connectivity index (χ2v) is 4.13. The molecule has 0 spiro atoms. The van der Waals surface area contributed by atoms with Crippen molar-refractivity contribution in [2.24, 2.45) is 0 Å². The molecule has 0 aliphatic carbocycles. The Balaban J connectivity index is 2.16. The highest BCUT2D eigenvalue weighted by Gasteiger charge is 2.10. The van der Waals surface area contributed by atoms with Crippen LogP contribution in [-0.2, 0) is 6.54 Å². The van der Waals surface area contributed by atoms with E-state index in [1.165, 1.54) is 0 Å². The number of aliphatic hydroxyl groups excluding tert-OH is 1. The third kappa shape index (κ3) is 2.02. The summed E-state index contributed by atoms with van der Waals surface area (Å²) in [5.41, 5.74) is 9.08. The zero-order valence-corrected chi connectivity index (χ0v) is 10.2. The van der Waals surface area contributed by atoms with Crippen LogP contribution in [0, 0.1) is 0 Å². The molecule has 3 rings (SSSR count). The van der Waals surface area contributed by atoms with E-state index in [-0.39, 0.29) is 6.61 Å². The maximum absolute atomic E-state index is 8.96. The molecule has 6 nitrogen and oxygen atoms in total. The maximum Gasteiger partial charge on any atom is 0.122 e. The molecule has 0 saturated heterocycles. The number of hydrogen-bond acceptors (Lipinski definition) is 5. The van der Waals surface area contributed by atoms with Gasteiger partial charge in [0.2, 0.25) is 0 Å². The minimum absolute atomic E-state index is 0.000658. The zero-order chi connectivity index (χ0) is 13.2. The summed E-state index contributed by atoms with van der Waals surface area (Å²) in [6.07, 6.45) is 3.31. The van der Waals surface area contributed by atoms with Gasteiger partial charge in [0.1, 0.15) is 5.82 Å². The van der Waals surface area contributed by atoms with Gasteiger partial charge in [-0.15, -0.1) is 0 Å². The summed E-state index contributed by atoms with van der Waals surface area (Å²) in [6, 6.07) is 7.52. The Morgan fingerprint density at radius 1 is 1.21 bits per heavy atom. The molecule has 0 amide bonds. The lowest BCUT2D eigenvalue weighted by Gasteiger charge is -2.02. The van der Waals surface area contributed by atoms with Crippen LogP contribution < -0.4 is 5.73 Å². The van der Waals surface area contributed by atoms with Crippen molar-refractivity contribution in [3.8, 4) is 11.3 Å². The van der Waals surface area contributed by atoms with Crippen molar-refractivity contribution in [1.82, 2.24) is 19.7 Å². The predicted octanol–water partition coefficient (Wildman–Crippen LogP) is 1.07. The van der Waals surface area contributed by atoms with E-state index < -0.39 is 0 Å². The summed E-state index contributed by atoms with van der Waals surface area (Å²) in [7, 11) is 0. The van der Waals surface area contributed by atoms with E-state index in [2.05, 4.69) is 15.1 Å². The van der Waals surface area contributed by atoms with Crippen molar-refractivity contribution in [3.05, 3.63) is 36.7 Å². The molecule has 2 aromatic heterocycles. The van der Waals surface area contributed by atoms with E-state index >= 15 is 0 Å². The molecule has 0 atom stereocenters. The fourth-order valence-corrected chi connectivity index (χ4v) is 2.04. The number of para-hydroxylation sites is 1. The van der Waals surface area contributed by atoms with Gasteiger partial charge in [-0.25, -0.2) is 4.68 Å². The lowest BCUT2D eigenvalue weighted by Crippen LogP contribution is -2.07. The number of benzene rings is 1. The first-order valence-electron chi connectivity index (χ1n) is 5.94. The van der Waals surface area contributed by atoms with Crippen LogP contribution in [0.25, 0.3) is 22.3 Å². The summed E-state index contributed by atoms with van der Waals surface area (Å²) >= 11 is 0. The first kappa shape index (κ1) is 11.6. The van der Waals surface area contributed by atoms with Gasteiger partial charge in [-0.2, -0.15) is 5.10 Å². The third-order valence-electron chi connectivity index (χ3n) is 2.90. The van der Waals surface area contributed by atoms with Crippen LogP contribution >= 0.6 is 0 Å². The Hall–Kier alpha value is -2.47. The maximum atomic E-state index is 8.96. The van der Waals surface area contributed by atoms with Gasteiger partial charge in [-0.05, 0) is 6.07 Å². The summed E-state index contributed by atoms with van der Waals surface area (Å²) in [5.74, 6) is 0.518. The van der Waals surface area contributed by atoms with Crippen molar-refractivity contribution in [2.45, 2.75) is 6.54 Å². The highest BCUT2D eigenvalue weighted by atomic mass is 16.3. The van der Waals surface area contributed by atoms with Crippen LogP contribution in [0.5, 0.6) is 0 Å². The van der Waals surface area contributed by atoms with Gasteiger partial charge in [0.05, 0.1) is 29.9 Å². The smallest absolute Gasteiger partial charge is 0.122 e. The number of nitrogens with two attached hydrogens (primary N) is 1. The van der Waals surface area contributed by atoms with Gasteiger partial charge < -0.3 is 10.8 Å². The van der Waals surface area contributed by atoms with Gasteiger partial charge in [0.15, 0.2) is 0 Å². The molecule has 0 fully saturated rings. The van der Waals surface area contributed by atoms with Gasteiger partial charge in [-0.3, -0.25) is 9.97 Å². The minimum atomic E-state index is 0.000658. The summed E-state index contributed by atoms with van der Waals surface area (Å²) < 4.78 is 1.57. The van der Waals surface area contributed by atoms with E-state index in [0.29, 0.717) is 12.4 Å². The monoisotopic (exact) mass is 255 g/mol. The molecular weight excluding hydrogens is 242 g/mol. The average molecular weight is 255 g/mol. The Morgan fingerprint density at radius 2 is 2.05 bits per heavy atom. The van der Waals surface area contributed by atoms with Crippen molar-refractivity contribution in [2.75, 3.05) is 12.3 Å². The van der Waals surface area contributed by atoms with Crippen LogP contribution in [0.4, 0.5) is 5.82 Å². The first-order chi connectivity index (χ1) is 9.29. The van der Waals surface area contributed by atoms with Crippen LogP contribution in [-0.4, -0.2) is 31.5 Å².